The third-order valence-corrected chi connectivity index (χ3v) is 3.37. The molecule has 2 heterocycles. The molecule has 5 nitrogen and oxygen atoms in total. The molecule has 0 unspecified atom stereocenters. The number of nitrogens with zero attached hydrogens (tertiary/aromatic N) is 3. The number of benzene rings is 1. The second-order valence-corrected chi connectivity index (χ2v) is 5.82. The number of aromatic nitrogens is 3. The van der Waals surface area contributed by atoms with E-state index in [0.29, 0.717) is 11.4 Å². The molecule has 0 amide bonds. The van der Waals surface area contributed by atoms with Crippen molar-refractivity contribution >= 4 is 17.5 Å². The predicted octanol–water partition coefficient (Wildman–Crippen LogP) is 4.52. The Kier molecular flexibility index (Phi) is 5.01. The van der Waals surface area contributed by atoms with Crippen LogP contribution in [0.4, 0.5) is 30.6 Å². The van der Waals surface area contributed by atoms with Crippen LogP contribution in [-0.4, -0.2) is 21.0 Å². The van der Waals surface area contributed by atoms with Crippen LogP contribution in [-0.2, 0) is 0 Å². The van der Waals surface area contributed by atoms with Crippen molar-refractivity contribution in [1.82, 2.24) is 15.0 Å². The SMILES string of the molecule is CC(C)Nc1nc(Nc2c(F)ccc(F)c2F)cc(-c2ccccn2)n1. The van der Waals surface area contributed by atoms with E-state index in [0.717, 1.165) is 12.1 Å². The van der Waals surface area contributed by atoms with Crippen molar-refractivity contribution in [2.45, 2.75) is 19.9 Å². The zero-order chi connectivity index (χ0) is 18.7. The number of hydrogen-bond acceptors (Lipinski definition) is 5. The van der Waals surface area contributed by atoms with Gasteiger partial charge in [-0.3, -0.25) is 4.98 Å². The summed E-state index contributed by atoms with van der Waals surface area (Å²) in [6, 6.07) is 8.37. The summed E-state index contributed by atoms with van der Waals surface area (Å²) < 4.78 is 41.3. The lowest BCUT2D eigenvalue weighted by atomic mass is 10.2. The molecule has 3 aromatic rings. The quantitative estimate of drug-likeness (QED) is 0.656. The van der Waals surface area contributed by atoms with Gasteiger partial charge >= 0.3 is 0 Å². The maximum absolute atomic E-state index is 13.9. The molecule has 26 heavy (non-hydrogen) atoms. The van der Waals surface area contributed by atoms with Crippen molar-refractivity contribution in [1.29, 1.82) is 0 Å². The summed E-state index contributed by atoms with van der Waals surface area (Å²) in [6.07, 6.45) is 1.60. The van der Waals surface area contributed by atoms with Gasteiger partial charge in [-0.2, -0.15) is 4.98 Å². The van der Waals surface area contributed by atoms with Gasteiger partial charge < -0.3 is 10.6 Å². The van der Waals surface area contributed by atoms with Crippen LogP contribution in [0.5, 0.6) is 0 Å². The molecule has 0 radical (unpaired) electrons. The number of halogens is 3. The van der Waals surface area contributed by atoms with Crippen LogP contribution in [0, 0.1) is 17.5 Å². The predicted molar refractivity (Wildman–Crippen MR) is 93.6 cm³/mol. The van der Waals surface area contributed by atoms with E-state index >= 15 is 0 Å². The largest absolute Gasteiger partial charge is 0.352 e. The van der Waals surface area contributed by atoms with Gasteiger partial charge in [-0.05, 0) is 38.1 Å². The van der Waals surface area contributed by atoms with E-state index in [1.165, 1.54) is 6.07 Å². The Morgan fingerprint density at radius 2 is 1.69 bits per heavy atom. The fraction of sp³-hybridized carbons (Fsp3) is 0.167. The van der Waals surface area contributed by atoms with E-state index in [9.17, 15) is 13.2 Å². The first kappa shape index (κ1) is 17.7. The number of nitrogens with one attached hydrogen (secondary N) is 2. The monoisotopic (exact) mass is 359 g/mol. The van der Waals surface area contributed by atoms with Crippen LogP contribution in [0.3, 0.4) is 0 Å². The maximum Gasteiger partial charge on any atom is 0.225 e. The second kappa shape index (κ2) is 7.38. The van der Waals surface area contributed by atoms with Crippen LogP contribution < -0.4 is 10.6 Å². The minimum Gasteiger partial charge on any atom is -0.352 e. The second-order valence-electron chi connectivity index (χ2n) is 5.82. The van der Waals surface area contributed by atoms with E-state index in [4.69, 9.17) is 0 Å². The Labute approximate surface area is 148 Å². The Bertz CT molecular complexity index is 916. The molecular weight excluding hydrogens is 343 g/mol. The summed E-state index contributed by atoms with van der Waals surface area (Å²) in [5.41, 5.74) is 0.388. The number of pyridine rings is 1. The molecule has 0 atom stereocenters. The van der Waals surface area contributed by atoms with Gasteiger partial charge in [0.1, 0.15) is 17.3 Å². The van der Waals surface area contributed by atoms with Crippen molar-refractivity contribution in [3.05, 3.63) is 60.0 Å². The standard InChI is InChI=1S/C18H16F3N5/c1-10(2)23-18-24-14(13-5-3-4-8-22-13)9-15(26-18)25-17-12(20)7-6-11(19)16(17)21/h3-10H,1-2H3,(H2,23,24,25,26). The van der Waals surface area contributed by atoms with Gasteiger partial charge in [-0.1, -0.05) is 6.07 Å². The molecule has 8 heteroatoms. The Morgan fingerprint density at radius 1 is 0.923 bits per heavy atom. The number of rotatable bonds is 5. The van der Waals surface area contributed by atoms with Crippen molar-refractivity contribution < 1.29 is 13.2 Å². The summed E-state index contributed by atoms with van der Waals surface area (Å²) >= 11 is 0. The molecule has 0 bridgehead atoms. The van der Waals surface area contributed by atoms with Gasteiger partial charge in [-0.25, -0.2) is 18.2 Å². The van der Waals surface area contributed by atoms with Gasteiger partial charge in [0.15, 0.2) is 11.6 Å². The Morgan fingerprint density at radius 3 is 2.38 bits per heavy atom. The molecule has 3 rings (SSSR count). The average molecular weight is 359 g/mol. The lowest BCUT2D eigenvalue weighted by Crippen LogP contribution is -2.14. The molecule has 134 valence electrons. The van der Waals surface area contributed by atoms with Crippen LogP contribution >= 0.6 is 0 Å². The first-order valence-electron chi connectivity index (χ1n) is 7.91. The van der Waals surface area contributed by atoms with Crippen LogP contribution in [0.25, 0.3) is 11.4 Å². The smallest absolute Gasteiger partial charge is 0.225 e. The Hall–Kier alpha value is -3.16. The summed E-state index contributed by atoms with van der Waals surface area (Å²) in [7, 11) is 0. The molecule has 0 saturated carbocycles. The zero-order valence-electron chi connectivity index (χ0n) is 14.1. The van der Waals surface area contributed by atoms with Gasteiger partial charge in [0.2, 0.25) is 5.95 Å². The molecular formula is C18H16F3N5. The first-order chi connectivity index (χ1) is 12.4. The normalized spacial score (nSPS) is 10.8. The minimum absolute atomic E-state index is 0.0319. The van der Waals surface area contributed by atoms with Gasteiger partial charge in [0.05, 0.1) is 11.4 Å². The summed E-state index contributed by atoms with van der Waals surface area (Å²) in [6.45, 7) is 3.80. The highest BCUT2D eigenvalue weighted by Gasteiger charge is 2.16. The number of anilines is 3. The fourth-order valence-electron chi connectivity index (χ4n) is 2.25. The topological polar surface area (TPSA) is 62.7 Å². The first-order valence-corrected chi connectivity index (χ1v) is 7.91. The Balaban J connectivity index is 2.05. The molecule has 0 aliphatic heterocycles. The minimum atomic E-state index is -1.32. The lowest BCUT2D eigenvalue weighted by Gasteiger charge is -2.13. The van der Waals surface area contributed by atoms with Crippen LogP contribution in [0.1, 0.15) is 13.8 Å². The van der Waals surface area contributed by atoms with E-state index in [1.807, 2.05) is 13.8 Å². The molecule has 2 N–H and O–H groups in total. The molecule has 0 spiro atoms. The van der Waals surface area contributed by atoms with Crippen LogP contribution in [0.2, 0.25) is 0 Å². The van der Waals surface area contributed by atoms with Crippen molar-refractivity contribution in [3.8, 4) is 11.4 Å². The highest BCUT2D eigenvalue weighted by molar-refractivity contribution is 5.65. The lowest BCUT2D eigenvalue weighted by molar-refractivity contribution is 0.499. The van der Waals surface area contributed by atoms with Gasteiger partial charge in [-0.15, -0.1) is 0 Å². The summed E-state index contributed by atoms with van der Waals surface area (Å²) in [4.78, 5) is 12.8. The maximum atomic E-state index is 13.9. The van der Waals surface area contributed by atoms with E-state index in [-0.39, 0.29) is 17.8 Å². The molecule has 0 saturated heterocycles. The average Bonchev–Trinajstić information content (AvgIpc) is 2.62. The number of hydrogen-bond donors (Lipinski definition) is 2. The van der Waals surface area contributed by atoms with Gasteiger partial charge in [0.25, 0.3) is 0 Å². The van der Waals surface area contributed by atoms with E-state index < -0.39 is 23.1 Å². The molecule has 0 fully saturated rings. The zero-order valence-corrected chi connectivity index (χ0v) is 14.1. The third kappa shape index (κ3) is 3.90. The highest BCUT2D eigenvalue weighted by atomic mass is 19.2. The summed E-state index contributed by atoms with van der Waals surface area (Å²) in [5, 5.41) is 5.53. The fourth-order valence-corrected chi connectivity index (χ4v) is 2.25. The van der Waals surface area contributed by atoms with E-state index in [2.05, 4.69) is 25.6 Å². The molecule has 0 aliphatic carbocycles. The van der Waals surface area contributed by atoms with Crippen molar-refractivity contribution in [2.24, 2.45) is 0 Å². The van der Waals surface area contributed by atoms with Crippen molar-refractivity contribution in [3.63, 3.8) is 0 Å². The summed E-state index contributed by atoms with van der Waals surface area (Å²) in [5.74, 6) is -3.05. The van der Waals surface area contributed by atoms with Crippen molar-refractivity contribution in [2.75, 3.05) is 10.6 Å². The molecule has 0 aliphatic rings. The highest BCUT2D eigenvalue weighted by Crippen LogP contribution is 2.27. The van der Waals surface area contributed by atoms with Crippen LogP contribution in [0.15, 0.2) is 42.6 Å². The van der Waals surface area contributed by atoms with E-state index in [1.54, 1.807) is 24.4 Å². The van der Waals surface area contributed by atoms with Gasteiger partial charge in [0, 0.05) is 18.3 Å². The third-order valence-electron chi connectivity index (χ3n) is 3.37. The molecule has 1 aromatic carbocycles. The molecule has 2 aromatic heterocycles.